The molecular weight excluding hydrogens is 266 g/mol. The van der Waals surface area contributed by atoms with Crippen LogP contribution in [0, 0.1) is 11.8 Å². The molecule has 0 fully saturated rings. The van der Waals surface area contributed by atoms with Gasteiger partial charge in [0.2, 0.25) is 11.8 Å². The maximum Gasteiger partial charge on any atom is 0.241 e. The lowest BCUT2D eigenvalue weighted by atomic mass is 10.0. The molecule has 1 aromatic carbocycles. The number of anilines is 2. The van der Waals surface area contributed by atoms with Crippen molar-refractivity contribution in [2.75, 3.05) is 10.6 Å². The minimum atomic E-state index is -0.532. The molecule has 0 aliphatic carbocycles. The predicted octanol–water partition coefficient (Wildman–Crippen LogP) is 2.59. The number of amides is 2. The van der Waals surface area contributed by atoms with Crippen LogP contribution in [0.1, 0.15) is 34.1 Å². The third-order valence-corrected chi connectivity index (χ3v) is 3.05. The number of hydrogen-bond acceptors (Lipinski definition) is 3. The summed E-state index contributed by atoms with van der Waals surface area (Å²) in [4.78, 5) is 23.5. The Kier molecular flexibility index (Phi) is 6.37. The van der Waals surface area contributed by atoms with Gasteiger partial charge in [-0.1, -0.05) is 27.7 Å². The summed E-state index contributed by atoms with van der Waals surface area (Å²) in [7, 11) is 0. The predicted molar refractivity (Wildman–Crippen MR) is 86.0 cm³/mol. The van der Waals surface area contributed by atoms with Crippen LogP contribution in [-0.4, -0.2) is 17.9 Å². The van der Waals surface area contributed by atoms with E-state index in [-0.39, 0.29) is 17.7 Å². The Morgan fingerprint density at radius 1 is 1.00 bits per heavy atom. The molecule has 0 saturated carbocycles. The number of nitrogens with two attached hydrogens (primary N) is 1. The molecule has 0 saturated heterocycles. The van der Waals surface area contributed by atoms with Crippen LogP contribution >= 0.6 is 0 Å². The molecular formula is C16H25N3O2. The lowest BCUT2D eigenvalue weighted by molar-refractivity contribution is -0.118. The lowest BCUT2D eigenvalue weighted by Crippen LogP contribution is -2.39. The standard InChI is InChI=1S/C16H25N3O2/c1-10(2)9-14(20)18-12-5-7-13(8-6-12)19-16(21)15(17)11(3)4/h5-8,10-11,15H,9,17H2,1-4H3,(H,18,20)(H,19,21)/t15-/m1/s1. The van der Waals surface area contributed by atoms with Crippen molar-refractivity contribution in [2.45, 2.75) is 40.2 Å². The number of rotatable bonds is 6. The highest BCUT2D eigenvalue weighted by atomic mass is 16.2. The van der Waals surface area contributed by atoms with Crippen molar-refractivity contribution in [1.82, 2.24) is 0 Å². The highest BCUT2D eigenvalue weighted by molar-refractivity contribution is 5.95. The molecule has 0 unspecified atom stereocenters. The Morgan fingerprint density at radius 3 is 1.90 bits per heavy atom. The van der Waals surface area contributed by atoms with Gasteiger partial charge in [-0.05, 0) is 36.1 Å². The third kappa shape index (κ3) is 5.95. The van der Waals surface area contributed by atoms with Gasteiger partial charge in [0.25, 0.3) is 0 Å². The van der Waals surface area contributed by atoms with Crippen LogP contribution in [0.3, 0.4) is 0 Å². The normalized spacial score (nSPS) is 12.3. The van der Waals surface area contributed by atoms with E-state index in [9.17, 15) is 9.59 Å². The van der Waals surface area contributed by atoms with Crippen LogP contribution in [0.25, 0.3) is 0 Å². The first-order chi connectivity index (χ1) is 9.79. The molecule has 0 bridgehead atoms. The average Bonchev–Trinajstić information content (AvgIpc) is 2.38. The van der Waals surface area contributed by atoms with Crippen molar-refractivity contribution >= 4 is 23.2 Å². The molecule has 4 N–H and O–H groups in total. The summed E-state index contributed by atoms with van der Waals surface area (Å²) in [6.07, 6.45) is 0.488. The van der Waals surface area contributed by atoms with E-state index in [1.807, 2.05) is 27.7 Å². The molecule has 1 aromatic rings. The summed E-state index contributed by atoms with van der Waals surface area (Å²) in [5, 5.41) is 5.58. The zero-order valence-corrected chi connectivity index (χ0v) is 13.1. The van der Waals surface area contributed by atoms with Crippen molar-refractivity contribution in [1.29, 1.82) is 0 Å². The molecule has 1 atom stereocenters. The van der Waals surface area contributed by atoms with Gasteiger partial charge in [-0.2, -0.15) is 0 Å². The number of carbonyl (C=O) groups excluding carboxylic acids is 2. The largest absolute Gasteiger partial charge is 0.326 e. The van der Waals surface area contributed by atoms with Crippen LogP contribution < -0.4 is 16.4 Å². The highest BCUT2D eigenvalue weighted by Gasteiger charge is 2.17. The number of benzene rings is 1. The van der Waals surface area contributed by atoms with Gasteiger partial charge in [-0.25, -0.2) is 0 Å². The van der Waals surface area contributed by atoms with E-state index in [1.54, 1.807) is 24.3 Å². The Balaban J connectivity index is 2.58. The van der Waals surface area contributed by atoms with Gasteiger partial charge in [0.1, 0.15) is 0 Å². The Hall–Kier alpha value is -1.88. The minimum absolute atomic E-state index is 0.0105. The van der Waals surface area contributed by atoms with Crippen LogP contribution in [0.2, 0.25) is 0 Å². The maximum absolute atomic E-state index is 11.8. The Morgan fingerprint density at radius 2 is 1.48 bits per heavy atom. The van der Waals surface area contributed by atoms with E-state index in [4.69, 9.17) is 5.73 Å². The molecule has 0 heterocycles. The fourth-order valence-electron chi connectivity index (χ4n) is 1.75. The summed E-state index contributed by atoms with van der Waals surface area (Å²) in [6, 6.07) is 6.48. The summed E-state index contributed by atoms with van der Waals surface area (Å²) < 4.78 is 0. The molecule has 0 radical (unpaired) electrons. The second-order valence-electron chi connectivity index (χ2n) is 5.98. The van der Waals surface area contributed by atoms with Crippen LogP contribution in [-0.2, 0) is 9.59 Å². The van der Waals surface area contributed by atoms with Gasteiger partial charge < -0.3 is 16.4 Å². The van der Waals surface area contributed by atoms with E-state index >= 15 is 0 Å². The monoisotopic (exact) mass is 291 g/mol. The van der Waals surface area contributed by atoms with Gasteiger partial charge in [0.15, 0.2) is 0 Å². The zero-order chi connectivity index (χ0) is 16.0. The molecule has 5 nitrogen and oxygen atoms in total. The maximum atomic E-state index is 11.8. The fourth-order valence-corrected chi connectivity index (χ4v) is 1.75. The second-order valence-corrected chi connectivity index (χ2v) is 5.98. The van der Waals surface area contributed by atoms with Gasteiger partial charge in [0, 0.05) is 17.8 Å². The Bertz CT molecular complexity index is 481. The minimum Gasteiger partial charge on any atom is -0.326 e. The first-order valence-corrected chi connectivity index (χ1v) is 7.26. The summed E-state index contributed by atoms with van der Waals surface area (Å²) in [5.41, 5.74) is 7.16. The van der Waals surface area contributed by atoms with E-state index in [0.717, 1.165) is 0 Å². The van der Waals surface area contributed by atoms with E-state index in [0.29, 0.717) is 23.7 Å². The summed E-state index contributed by atoms with van der Waals surface area (Å²) in [5.74, 6) is 0.186. The van der Waals surface area contributed by atoms with Crippen molar-refractivity contribution < 1.29 is 9.59 Å². The van der Waals surface area contributed by atoms with Gasteiger partial charge in [0.05, 0.1) is 6.04 Å². The second kappa shape index (κ2) is 7.78. The molecule has 0 spiro atoms. The highest BCUT2D eigenvalue weighted by Crippen LogP contribution is 2.15. The molecule has 5 heteroatoms. The van der Waals surface area contributed by atoms with Crippen molar-refractivity contribution in [3.8, 4) is 0 Å². The molecule has 21 heavy (non-hydrogen) atoms. The zero-order valence-electron chi connectivity index (χ0n) is 13.1. The third-order valence-electron chi connectivity index (χ3n) is 3.05. The van der Waals surface area contributed by atoms with Crippen molar-refractivity contribution in [2.24, 2.45) is 17.6 Å². The summed E-state index contributed by atoms with van der Waals surface area (Å²) >= 11 is 0. The molecule has 2 amide bonds. The molecule has 116 valence electrons. The van der Waals surface area contributed by atoms with Gasteiger partial charge in [-0.3, -0.25) is 9.59 Å². The van der Waals surface area contributed by atoms with Crippen molar-refractivity contribution in [3.63, 3.8) is 0 Å². The van der Waals surface area contributed by atoms with Gasteiger partial charge >= 0.3 is 0 Å². The van der Waals surface area contributed by atoms with E-state index in [2.05, 4.69) is 10.6 Å². The molecule has 1 rings (SSSR count). The van der Waals surface area contributed by atoms with E-state index < -0.39 is 6.04 Å². The van der Waals surface area contributed by atoms with Gasteiger partial charge in [-0.15, -0.1) is 0 Å². The number of hydrogen-bond donors (Lipinski definition) is 3. The Labute approximate surface area is 126 Å². The smallest absolute Gasteiger partial charge is 0.241 e. The molecule has 0 aromatic heterocycles. The SMILES string of the molecule is CC(C)CC(=O)Nc1ccc(NC(=O)[C@H](N)C(C)C)cc1. The quantitative estimate of drug-likeness (QED) is 0.753. The first kappa shape index (κ1) is 17.2. The van der Waals surface area contributed by atoms with Crippen LogP contribution in [0.4, 0.5) is 11.4 Å². The fraction of sp³-hybridized carbons (Fsp3) is 0.500. The topological polar surface area (TPSA) is 84.2 Å². The molecule has 0 aliphatic rings. The van der Waals surface area contributed by atoms with Crippen molar-refractivity contribution in [3.05, 3.63) is 24.3 Å². The van der Waals surface area contributed by atoms with Crippen LogP contribution in [0.15, 0.2) is 24.3 Å². The lowest BCUT2D eigenvalue weighted by Gasteiger charge is -2.15. The number of carbonyl (C=O) groups is 2. The average molecular weight is 291 g/mol. The first-order valence-electron chi connectivity index (χ1n) is 7.26. The summed E-state index contributed by atoms with van der Waals surface area (Å²) in [6.45, 7) is 7.79. The van der Waals surface area contributed by atoms with Crippen LogP contribution in [0.5, 0.6) is 0 Å². The molecule has 0 aliphatic heterocycles. The van der Waals surface area contributed by atoms with E-state index in [1.165, 1.54) is 0 Å². The number of nitrogens with one attached hydrogen (secondary N) is 2.